The third-order valence-electron chi connectivity index (χ3n) is 4.75. The van der Waals surface area contributed by atoms with Gasteiger partial charge in [0, 0.05) is 37.3 Å². The Morgan fingerprint density at radius 1 is 1.03 bits per heavy atom. The average Bonchev–Trinajstić information content (AvgIpc) is 3.26. The van der Waals surface area contributed by atoms with Crippen molar-refractivity contribution < 1.29 is 4.79 Å². The summed E-state index contributed by atoms with van der Waals surface area (Å²) in [4.78, 5) is 28.2. The summed E-state index contributed by atoms with van der Waals surface area (Å²) >= 11 is 0. The van der Waals surface area contributed by atoms with Gasteiger partial charge in [-0.15, -0.1) is 0 Å². The molecule has 1 N–H and O–H groups in total. The zero-order valence-corrected chi connectivity index (χ0v) is 15.9. The first kappa shape index (κ1) is 18.6. The van der Waals surface area contributed by atoms with E-state index in [1.54, 1.807) is 23.3 Å². The van der Waals surface area contributed by atoms with Crippen LogP contribution in [0.25, 0.3) is 10.9 Å². The number of nitrogens with one attached hydrogen (secondary N) is 1. The Labute approximate surface area is 167 Å². The summed E-state index contributed by atoms with van der Waals surface area (Å²) in [6, 6.07) is 15.4. The molecule has 146 valence electrons. The molecule has 0 saturated carbocycles. The van der Waals surface area contributed by atoms with E-state index in [-0.39, 0.29) is 11.3 Å². The van der Waals surface area contributed by atoms with Crippen LogP contribution in [0, 0.1) is 0 Å². The van der Waals surface area contributed by atoms with Crippen molar-refractivity contribution in [2.45, 2.75) is 26.1 Å². The second kappa shape index (κ2) is 8.52. The summed E-state index contributed by atoms with van der Waals surface area (Å²) in [5, 5.41) is 7.70. The van der Waals surface area contributed by atoms with Gasteiger partial charge < -0.3 is 9.88 Å². The Morgan fingerprint density at radius 2 is 1.83 bits per heavy atom. The first-order chi connectivity index (χ1) is 14.2. The van der Waals surface area contributed by atoms with Gasteiger partial charge in [0.1, 0.15) is 0 Å². The Kier molecular flexibility index (Phi) is 5.47. The van der Waals surface area contributed by atoms with E-state index in [2.05, 4.69) is 27.5 Å². The lowest BCUT2D eigenvalue weighted by molar-refractivity contribution is -0.121. The van der Waals surface area contributed by atoms with Gasteiger partial charge in [0.05, 0.1) is 24.6 Å². The summed E-state index contributed by atoms with van der Waals surface area (Å²) in [6.45, 7) is 1.66. The predicted octanol–water partition coefficient (Wildman–Crippen LogP) is 2.35. The lowest BCUT2D eigenvalue weighted by Gasteiger charge is -2.10. The summed E-state index contributed by atoms with van der Waals surface area (Å²) in [6.07, 6.45) is 7.06. The predicted molar refractivity (Wildman–Crippen MR) is 110 cm³/mol. The SMILES string of the molecule is O=C(CCn1ncc(=O)c2ccccc21)NCc1ccc(Cn2ccnc2)cc1. The highest BCUT2D eigenvalue weighted by Crippen LogP contribution is 2.09. The van der Waals surface area contributed by atoms with E-state index in [9.17, 15) is 9.59 Å². The van der Waals surface area contributed by atoms with E-state index in [1.807, 2.05) is 41.1 Å². The largest absolute Gasteiger partial charge is 0.352 e. The maximum absolute atomic E-state index is 12.2. The number of fused-ring (bicyclic) bond motifs is 1. The second-order valence-corrected chi connectivity index (χ2v) is 6.83. The minimum Gasteiger partial charge on any atom is -0.352 e. The Bertz CT molecular complexity index is 1160. The minimum atomic E-state index is -0.113. The van der Waals surface area contributed by atoms with Gasteiger partial charge in [-0.25, -0.2) is 4.98 Å². The van der Waals surface area contributed by atoms with Gasteiger partial charge in [-0.1, -0.05) is 36.4 Å². The molecule has 0 aliphatic rings. The van der Waals surface area contributed by atoms with Gasteiger partial charge in [0.25, 0.3) is 0 Å². The van der Waals surface area contributed by atoms with Crippen LogP contribution in [-0.4, -0.2) is 25.2 Å². The van der Waals surface area contributed by atoms with E-state index in [1.165, 1.54) is 11.8 Å². The first-order valence-electron chi connectivity index (χ1n) is 9.44. The van der Waals surface area contributed by atoms with Crippen LogP contribution in [-0.2, 0) is 24.4 Å². The molecule has 2 heterocycles. The molecule has 0 radical (unpaired) electrons. The maximum atomic E-state index is 12.2. The lowest BCUT2D eigenvalue weighted by atomic mass is 10.1. The van der Waals surface area contributed by atoms with Crippen LogP contribution in [0.1, 0.15) is 17.5 Å². The molecular weight excluding hydrogens is 366 g/mol. The zero-order valence-electron chi connectivity index (χ0n) is 15.9. The average molecular weight is 387 g/mol. The minimum absolute atomic E-state index is 0.0583. The summed E-state index contributed by atoms with van der Waals surface area (Å²) in [5.74, 6) is -0.0583. The number of carbonyl (C=O) groups excluding carboxylic acids is 1. The number of aryl methyl sites for hydroxylation is 1. The smallest absolute Gasteiger partial charge is 0.222 e. The molecule has 0 fully saturated rings. The van der Waals surface area contributed by atoms with E-state index < -0.39 is 0 Å². The number of aromatic nitrogens is 4. The monoisotopic (exact) mass is 387 g/mol. The van der Waals surface area contributed by atoms with Crippen molar-refractivity contribution in [3.05, 3.63) is 94.8 Å². The number of benzene rings is 2. The van der Waals surface area contributed by atoms with E-state index in [0.717, 1.165) is 17.6 Å². The molecule has 0 spiro atoms. The molecule has 7 heteroatoms. The number of imidazole rings is 1. The van der Waals surface area contributed by atoms with Gasteiger partial charge >= 0.3 is 0 Å². The van der Waals surface area contributed by atoms with Crippen molar-refractivity contribution in [2.75, 3.05) is 0 Å². The normalized spacial score (nSPS) is 10.9. The number of para-hydroxylation sites is 1. The lowest BCUT2D eigenvalue weighted by Crippen LogP contribution is -2.24. The third-order valence-corrected chi connectivity index (χ3v) is 4.75. The van der Waals surface area contributed by atoms with Crippen LogP contribution in [0.2, 0.25) is 0 Å². The van der Waals surface area contributed by atoms with Crippen molar-refractivity contribution in [3.8, 4) is 0 Å². The summed E-state index contributed by atoms with van der Waals surface area (Å²) in [7, 11) is 0. The van der Waals surface area contributed by atoms with Crippen LogP contribution in [0.3, 0.4) is 0 Å². The van der Waals surface area contributed by atoms with Gasteiger partial charge in [0.15, 0.2) is 0 Å². The highest BCUT2D eigenvalue weighted by atomic mass is 16.1. The molecule has 0 aliphatic heterocycles. The molecule has 0 atom stereocenters. The molecule has 29 heavy (non-hydrogen) atoms. The van der Waals surface area contributed by atoms with Gasteiger partial charge in [-0.2, -0.15) is 5.10 Å². The van der Waals surface area contributed by atoms with Gasteiger partial charge in [-0.3, -0.25) is 14.3 Å². The molecule has 7 nitrogen and oxygen atoms in total. The number of carbonyl (C=O) groups is 1. The van der Waals surface area contributed by atoms with Gasteiger partial charge in [-0.05, 0) is 23.3 Å². The topological polar surface area (TPSA) is 81.8 Å². The summed E-state index contributed by atoms with van der Waals surface area (Å²) in [5.41, 5.74) is 2.84. The number of hydrogen-bond acceptors (Lipinski definition) is 4. The molecular formula is C22H21N5O2. The van der Waals surface area contributed by atoms with E-state index in [4.69, 9.17) is 0 Å². The first-order valence-corrected chi connectivity index (χ1v) is 9.44. The standard InChI is InChI=1S/C22H21N5O2/c28-21-14-25-27(20-4-2-1-3-19(20)21)11-9-22(29)24-13-17-5-7-18(8-6-17)15-26-12-10-23-16-26/h1-8,10,12,14,16H,9,11,13,15H2,(H,24,29). The summed E-state index contributed by atoms with van der Waals surface area (Å²) < 4.78 is 3.70. The van der Waals surface area contributed by atoms with Crippen LogP contribution >= 0.6 is 0 Å². The van der Waals surface area contributed by atoms with E-state index >= 15 is 0 Å². The molecule has 4 rings (SSSR count). The van der Waals surface area contributed by atoms with Crippen LogP contribution in [0.4, 0.5) is 0 Å². The van der Waals surface area contributed by atoms with Gasteiger partial charge in [0.2, 0.25) is 11.3 Å². The number of hydrogen-bond donors (Lipinski definition) is 1. The van der Waals surface area contributed by atoms with Crippen molar-refractivity contribution in [3.63, 3.8) is 0 Å². The molecule has 0 saturated heterocycles. The Balaban J connectivity index is 1.30. The van der Waals surface area contributed by atoms with Crippen molar-refractivity contribution in [2.24, 2.45) is 0 Å². The van der Waals surface area contributed by atoms with E-state index in [0.29, 0.717) is 24.9 Å². The van der Waals surface area contributed by atoms with Crippen molar-refractivity contribution in [1.82, 2.24) is 24.6 Å². The Hall–Kier alpha value is -3.74. The molecule has 2 aromatic carbocycles. The van der Waals surface area contributed by atoms with Crippen molar-refractivity contribution in [1.29, 1.82) is 0 Å². The molecule has 2 aromatic heterocycles. The Morgan fingerprint density at radius 3 is 2.62 bits per heavy atom. The molecule has 1 amide bonds. The fourth-order valence-electron chi connectivity index (χ4n) is 3.19. The molecule has 0 aliphatic carbocycles. The maximum Gasteiger partial charge on any atom is 0.222 e. The fourth-order valence-corrected chi connectivity index (χ4v) is 3.19. The van der Waals surface area contributed by atoms with Crippen LogP contribution in [0.15, 0.2) is 78.2 Å². The zero-order chi connectivity index (χ0) is 20.1. The van der Waals surface area contributed by atoms with Crippen LogP contribution < -0.4 is 10.7 Å². The molecule has 4 aromatic rings. The number of rotatable bonds is 7. The molecule has 0 unspecified atom stereocenters. The number of amides is 1. The highest BCUT2D eigenvalue weighted by Gasteiger charge is 2.06. The van der Waals surface area contributed by atoms with Crippen LogP contribution in [0.5, 0.6) is 0 Å². The fraction of sp³-hybridized carbons (Fsp3) is 0.182. The molecule has 0 bridgehead atoms. The van der Waals surface area contributed by atoms with Crippen molar-refractivity contribution >= 4 is 16.8 Å². The highest BCUT2D eigenvalue weighted by molar-refractivity contribution is 5.79. The second-order valence-electron chi connectivity index (χ2n) is 6.83. The number of nitrogens with zero attached hydrogens (tertiary/aromatic N) is 4. The quantitative estimate of drug-likeness (QED) is 0.528. The third kappa shape index (κ3) is 4.57.